The van der Waals surface area contributed by atoms with Crippen molar-refractivity contribution in [3.63, 3.8) is 0 Å². The first-order valence-corrected chi connectivity index (χ1v) is 8.79. The molecule has 1 heterocycles. The van der Waals surface area contributed by atoms with Crippen LogP contribution in [0, 0.1) is 0 Å². The van der Waals surface area contributed by atoms with E-state index in [0.717, 1.165) is 0 Å². The molecule has 1 saturated heterocycles. The third kappa shape index (κ3) is 3.60. The van der Waals surface area contributed by atoms with E-state index in [0.29, 0.717) is 31.7 Å². The highest BCUT2D eigenvalue weighted by Crippen LogP contribution is 2.23. The zero-order chi connectivity index (χ0) is 16.3. The van der Waals surface area contributed by atoms with Crippen molar-refractivity contribution >= 4 is 10.0 Å². The molecule has 1 aliphatic rings. The van der Waals surface area contributed by atoms with Gasteiger partial charge in [-0.1, -0.05) is 0 Å². The molecule has 1 aromatic rings. The molecular weight excluding hydrogens is 304 g/mol. The normalized spacial score (nSPS) is 24.2. The Balaban J connectivity index is 2.18. The summed E-state index contributed by atoms with van der Waals surface area (Å²) in [6.07, 6.45) is 0.549. The summed E-state index contributed by atoms with van der Waals surface area (Å²) in [7, 11) is 1.82. The van der Waals surface area contributed by atoms with Crippen molar-refractivity contribution < 1.29 is 18.3 Å². The minimum Gasteiger partial charge on any atom is -0.497 e. The van der Waals surface area contributed by atoms with Gasteiger partial charge in [0.05, 0.1) is 18.1 Å². The third-order valence-corrected chi connectivity index (χ3v) is 6.07. The van der Waals surface area contributed by atoms with Gasteiger partial charge in [0, 0.05) is 19.1 Å². The van der Waals surface area contributed by atoms with Crippen LogP contribution in [0.25, 0.3) is 0 Å². The highest BCUT2D eigenvalue weighted by molar-refractivity contribution is 7.89. The molecule has 0 spiro atoms. The summed E-state index contributed by atoms with van der Waals surface area (Å²) in [5.41, 5.74) is 0. The molecule has 0 bridgehead atoms. The minimum atomic E-state index is -3.53. The molecule has 1 fully saturated rings. The van der Waals surface area contributed by atoms with Crippen LogP contribution in [0.2, 0.25) is 0 Å². The second-order valence-electron chi connectivity index (χ2n) is 5.76. The van der Waals surface area contributed by atoms with Crippen LogP contribution in [0.4, 0.5) is 0 Å². The number of methoxy groups -OCH3 is 1. The SMILES string of the molecule is COc1ccc(S(=O)(=O)N2CC[C@H](O)[C@@H](N(C)C)CC2)cc1. The fourth-order valence-electron chi connectivity index (χ4n) is 2.79. The molecular formula is C15H24N2O4S. The quantitative estimate of drug-likeness (QED) is 0.884. The lowest BCUT2D eigenvalue weighted by Gasteiger charge is -2.26. The van der Waals surface area contributed by atoms with Crippen molar-refractivity contribution in [2.45, 2.75) is 29.9 Å². The summed E-state index contributed by atoms with van der Waals surface area (Å²) in [6, 6.07) is 6.37. The van der Waals surface area contributed by atoms with Gasteiger partial charge in [-0.2, -0.15) is 4.31 Å². The lowest BCUT2D eigenvalue weighted by atomic mass is 10.1. The number of rotatable bonds is 4. The van der Waals surface area contributed by atoms with E-state index < -0.39 is 16.1 Å². The van der Waals surface area contributed by atoms with Crippen LogP contribution in [0.15, 0.2) is 29.2 Å². The number of hydrogen-bond donors (Lipinski definition) is 1. The summed E-state index contributed by atoms with van der Waals surface area (Å²) in [5, 5.41) is 10.2. The molecule has 1 aliphatic heterocycles. The molecule has 2 atom stereocenters. The first-order valence-electron chi connectivity index (χ1n) is 7.35. The number of sulfonamides is 1. The van der Waals surface area contributed by atoms with E-state index in [2.05, 4.69) is 0 Å². The predicted molar refractivity (Wildman–Crippen MR) is 84.5 cm³/mol. The minimum absolute atomic E-state index is 0.0175. The van der Waals surface area contributed by atoms with Crippen LogP contribution >= 0.6 is 0 Å². The maximum Gasteiger partial charge on any atom is 0.243 e. The number of aliphatic hydroxyl groups excluding tert-OH is 1. The van der Waals surface area contributed by atoms with Gasteiger partial charge in [0.1, 0.15) is 5.75 Å². The van der Waals surface area contributed by atoms with Gasteiger partial charge in [0.15, 0.2) is 0 Å². The lowest BCUT2D eigenvalue weighted by Crippen LogP contribution is -2.38. The summed E-state index contributed by atoms with van der Waals surface area (Å²) in [5.74, 6) is 0.623. The van der Waals surface area contributed by atoms with Crippen LogP contribution in [-0.2, 0) is 10.0 Å². The van der Waals surface area contributed by atoms with Gasteiger partial charge in [-0.25, -0.2) is 8.42 Å². The van der Waals surface area contributed by atoms with E-state index in [1.165, 1.54) is 4.31 Å². The van der Waals surface area contributed by atoms with Crippen molar-refractivity contribution in [2.75, 3.05) is 34.3 Å². The van der Waals surface area contributed by atoms with Gasteiger partial charge in [-0.05, 0) is 51.2 Å². The first-order chi connectivity index (χ1) is 10.4. The van der Waals surface area contributed by atoms with Gasteiger partial charge in [0.25, 0.3) is 0 Å². The Morgan fingerprint density at radius 1 is 1.18 bits per heavy atom. The molecule has 1 N–H and O–H groups in total. The average molecular weight is 328 g/mol. The van der Waals surface area contributed by atoms with Crippen molar-refractivity contribution in [1.82, 2.24) is 9.21 Å². The molecule has 0 radical (unpaired) electrons. The molecule has 7 heteroatoms. The zero-order valence-corrected chi connectivity index (χ0v) is 14.1. The standard InChI is InChI=1S/C15H24N2O4S/c1-16(2)14-8-10-17(11-9-15(14)18)22(19,20)13-6-4-12(21-3)5-7-13/h4-7,14-15,18H,8-11H2,1-3H3/t14-,15-/m0/s1. The Morgan fingerprint density at radius 2 is 1.77 bits per heavy atom. The Kier molecular flexibility index (Phi) is 5.44. The topological polar surface area (TPSA) is 70.1 Å². The van der Waals surface area contributed by atoms with Crippen LogP contribution in [0.3, 0.4) is 0 Å². The van der Waals surface area contributed by atoms with Crippen molar-refractivity contribution in [2.24, 2.45) is 0 Å². The highest BCUT2D eigenvalue weighted by atomic mass is 32.2. The van der Waals surface area contributed by atoms with Crippen LogP contribution in [0.1, 0.15) is 12.8 Å². The van der Waals surface area contributed by atoms with Crippen LogP contribution < -0.4 is 4.74 Å². The number of benzene rings is 1. The third-order valence-electron chi connectivity index (χ3n) is 4.15. The molecule has 0 unspecified atom stereocenters. The molecule has 2 rings (SSSR count). The number of ether oxygens (including phenoxy) is 1. The fraction of sp³-hybridized carbons (Fsp3) is 0.600. The van der Waals surface area contributed by atoms with Gasteiger partial charge < -0.3 is 14.7 Å². The van der Waals surface area contributed by atoms with Crippen molar-refractivity contribution in [3.05, 3.63) is 24.3 Å². The number of aliphatic hydroxyl groups is 1. The van der Waals surface area contributed by atoms with Gasteiger partial charge in [-0.15, -0.1) is 0 Å². The number of hydrogen-bond acceptors (Lipinski definition) is 5. The predicted octanol–water partition coefficient (Wildman–Crippen LogP) is 0.771. The maximum absolute atomic E-state index is 12.7. The monoisotopic (exact) mass is 328 g/mol. The molecule has 1 aromatic carbocycles. The Hall–Kier alpha value is -1.15. The Labute approximate surface area is 132 Å². The van der Waals surface area contributed by atoms with Crippen molar-refractivity contribution in [1.29, 1.82) is 0 Å². The number of likely N-dealkylation sites (N-methyl/N-ethyl adjacent to an activating group) is 1. The summed E-state index contributed by atoms with van der Waals surface area (Å²) >= 11 is 0. The lowest BCUT2D eigenvalue weighted by molar-refractivity contribution is 0.0739. The summed E-state index contributed by atoms with van der Waals surface area (Å²) in [4.78, 5) is 2.21. The van der Waals surface area contributed by atoms with E-state index >= 15 is 0 Å². The van der Waals surface area contributed by atoms with Crippen LogP contribution in [-0.4, -0.2) is 69.2 Å². The van der Waals surface area contributed by atoms with E-state index in [4.69, 9.17) is 4.74 Å². The van der Waals surface area contributed by atoms with E-state index in [1.807, 2.05) is 19.0 Å². The smallest absolute Gasteiger partial charge is 0.243 e. The molecule has 0 aliphatic carbocycles. The highest BCUT2D eigenvalue weighted by Gasteiger charge is 2.32. The van der Waals surface area contributed by atoms with E-state index in [9.17, 15) is 13.5 Å². The molecule has 6 nitrogen and oxygen atoms in total. The summed E-state index contributed by atoms with van der Waals surface area (Å²) in [6.45, 7) is 0.744. The first kappa shape index (κ1) is 17.2. The van der Waals surface area contributed by atoms with Gasteiger partial charge in [0.2, 0.25) is 10.0 Å². The zero-order valence-electron chi connectivity index (χ0n) is 13.3. The van der Waals surface area contributed by atoms with E-state index in [-0.39, 0.29) is 10.9 Å². The largest absolute Gasteiger partial charge is 0.497 e. The van der Waals surface area contributed by atoms with Crippen molar-refractivity contribution in [3.8, 4) is 5.75 Å². The summed E-state index contributed by atoms with van der Waals surface area (Å²) < 4.78 is 31.9. The molecule has 22 heavy (non-hydrogen) atoms. The average Bonchev–Trinajstić information content (AvgIpc) is 2.69. The number of nitrogens with zero attached hydrogens (tertiary/aromatic N) is 2. The Bertz CT molecular complexity index is 586. The second kappa shape index (κ2) is 6.95. The van der Waals surface area contributed by atoms with Crippen LogP contribution in [0.5, 0.6) is 5.75 Å². The second-order valence-corrected chi connectivity index (χ2v) is 7.69. The van der Waals surface area contributed by atoms with Gasteiger partial charge >= 0.3 is 0 Å². The molecule has 0 saturated carbocycles. The maximum atomic E-state index is 12.7. The van der Waals surface area contributed by atoms with E-state index in [1.54, 1.807) is 31.4 Å². The Morgan fingerprint density at radius 3 is 2.32 bits per heavy atom. The molecule has 0 amide bonds. The molecule has 124 valence electrons. The van der Waals surface area contributed by atoms with Gasteiger partial charge in [-0.3, -0.25) is 0 Å². The fourth-order valence-corrected chi connectivity index (χ4v) is 4.26. The molecule has 0 aromatic heterocycles.